The number of aliphatic hydroxyl groups is 1. The number of aliphatic hydroxyl groups excluding tert-OH is 1. The fourth-order valence-electron chi connectivity index (χ4n) is 1.67. The fourth-order valence-corrected chi connectivity index (χ4v) is 1.67. The van der Waals surface area contributed by atoms with Crippen LogP contribution >= 0.6 is 0 Å². The van der Waals surface area contributed by atoms with Crippen molar-refractivity contribution >= 4 is 17.3 Å². The second kappa shape index (κ2) is 5.66. The zero-order valence-electron chi connectivity index (χ0n) is 10.7. The predicted molar refractivity (Wildman–Crippen MR) is 69.5 cm³/mol. The molecule has 0 fully saturated rings. The highest BCUT2D eigenvalue weighted by Crippen LogP contribution is 2.26. The number of aromatic carboxylic acids is 1. The minimum absolute atomic E-state index is 0.0185. The number of nitro groups is 1. The fraction of sp³-hybridized carbons (Fsp3) is 0.417. The Hall–Kier alpha value is -2.15. The number of carbonyl (C=O) groups is 1. The van der Waals surface area contributed by atoms with Crippen molar-refractivity contribution in [3.8, 4) is 0 Å². The largest absolute Gasteiger partial charge is 0.477 e. The smallest absolute Gasteiger partial charge is 0.342 e. The van der Waals surface area contributed by atoms with Crippen molar-refractivity contribution < 1.29 is 19.9 Å². The molecular weight excluding hydrogens is 252 g/mol. The van der Waals surface area contributed by atoms with Crippen molar-refractivity contribution in [2.24, 2.45) is 0 Å². The van der Waals surface area contributed by atoms with Crippen LogP contribution < -0.4 is 5.32 Å². The second-order valence-corrected chi connectivity index (χ2v) is 4.78. The number of nitrogens with zero attached hydrogens (tertiary/aromatic N) is 1. The SMILES string of the molecule is CC(C)(CCO)Nc1ccc(C(=O)O)c([N+](=O)[O-])c1. The van der Waals surface area contributed by atoms with E-state index in [1.54, 1.807) is 0 Å². The van der Waals surface area contributed by atoms with E-state index in [-0.39, 0.29) is 12.2 Å². The number of carboxylic acids is 1. The number of hydrogen-bond acceptors (Lipinski definition) is 5. The van der Waals surface area contributed by atoms with Crippen molar-refractivity contribution in [2.45, 2.75) is 25.8 Å². The van der Waals surface area contributed by atoms with Gasteiger partial charge in [0.1, 0.15) is 5.56 Å². The number of rotatable bonds is 6. The summed E-state index contributed by atoms with van der Waals surface area (Å²) in [7, 11) is 0. The summed E-state index contributed by atoms with van der Waals surface area (Å²) in [5.41, 5.74) is -0.823. The average molecular weight is 268 g/mol. The molecule has 0 aromatic heterocycles. The molecule has 0 unspecified atom stereocenters. The third-order valence-electron chi connectivity index (χ3n) is 2.64. The monoisotopic (exact) mass is 268 g/mol. The lowest BCUT2D eigenvalue weighted by molar-refractivity contribution is -0.385. The van der Waals surface area contributed by atoms with Gasteiger partial charge in [-0.05, 0) is 32.4 Å². The maximum Gasteiger partial charge on any atom is 0.342 e. The molecule has 104 valence electrons. The number of carboxylic acid groups (broad SMARTS) is 1. The molecule has 0 aliphatic heterocycles. The van der Waals surface area contributed by atoms with Gasteiger partial charge in [-0.15, -0.1) is 0 Å². The first-order valence-corrected chi connectivity index (χ1v) is 5.67. The standard InChI is InChI=1S/C12H16N2O5/c1-12(2,5-6-15)13-8-3-4-9(11(16)17)10(7-8)14(18)19/h3-4,7,13,15H,5-6H2,1-2H3,(H,16,17). The zero-order chi connectivity index (χ0) is 14.6. The van der Waals surface area contributed by atoms with Crippen LogP contribution in [-0.4, -0.2) is 33.3 Å². The molecule has 0 spiro atoms. The molecule has 7 heteroatoms. The molecule has 0 heterocycles. The summed E-state index contributed by atoms with van der Waals surface area (Å²) in [5.74, 6) is -1.34. The Bertz CT molecular complexity index is 499. The van der Waals surface area contributed by atoms with Gasteiger partial charge < -0.3 is 15.5 Å². The topological polar surface area (TPSA) is 113 Å². The van der Waals surface area contributed by atoms with Gasteiger partial charge in [-0.25, -0.2) is 4.79 Å². The summed E-state index contributed by atoms with van der Waals surface area (Å²) in [4.78, 5) is 21.0. The van der Waals surface area contributed by atoms with Crippen molar-refractivity contribution in [2.75, 3.05) is 11.9 Å². The highest BCUT2D eigenvalue weighted by molar-refractivity contribution is 5.93. The summed E-state index contributed by atoms with van der Waals surface area (Å²) < 4.78 is 0. The third kappa shape index (κ3) is 3.92. The van der Waals surface area contributed by atoms with Crippen LogP contribution in [0.4, 0.5) is 11.4 Å². The molecule has 1 aromatic carbocycles. The third-order valence-corrected chi connectivity index (χ3v) is 2.64. The molecule has 19 heavy (non-hydrogen) atoms. The molecule has 0 aliphatic rings. The van der Waals surface area contributed by atoms with Crippen LogP contribution in [0.5, 0.6) is 0 Å². The lowest BCUT2D eigenvalue weighted by atomic mass is 10.0. The van der Waals surface area contributed by atoms with E-state index in [9.17, 15) is 14.9 Å². The first-order chi connectivity index (χ1) is 8.76. The van der Waals surface area contributed by atoms with Crippen LogP contribution in [0.3, 0.4) is 0 Å². The lowest BCUT2D eigenvalue weighted by Gasteiger charge is -2.26. The first kappa shape index (κ1) is 14.9. The molecule has 0 amide bonds. The molecule has 0 radical (unpaired) electrons. The zero-order valence-corrected chi connectivity index (χ0v) is 10.7. The van der Waals surface area contributed by atoms with E-state index in [2.05, 4.69) is 5.32 Å². The molecule has 0 saturated heterocycles. The van der Waals surface area contributed by atoms with Crippen LogP contribution in [0.25, 0.3) is 0 Å². The minimum atomic E-state index is -1.34. The van der Waals surface area contributed by atoms with Gasteiger partial charge in [0.05, 0.1) is 4.92 Å². The Morgan fingerprint density at radius 2 is 2.11 bits per heavy atom. The molecule has 7 nitrogen and oxygen atoms in total. The van der Waals surface area contributed by atoms with Crippen molar-refractivity contribution in [3.63, 3.8) is 0 Å². The van der Waals surface area contributed by atoms with E-state index in [1.165, 1.54) is 18.2 Å². The molecule has 1 rings (SSSR count). The van der Waals surface area contributed by atoms with Crippen molar-refractivity contribution in [1.29, 1.82) is 0 Å². The quantitative estimate of drug-likeness (QED) is 0.536. The highest BCUT2D eigenvalue weighted by atomic mass is 16.6. The summed E-state index contributed by atoms with van der Waals surface area (Å²) in [5, 5.41) is 31.6. The van der Waals surface area contributed by atoms with Gasteiger partial charge in [-0.1, -0.05) is 0 Å². The number of benzene rings is 1. The predicted octanol–water partition coefficient (Wildman–Crippen LogP) is 1.87. The normalized spacial score (nSPS) is 11.1. The van der Waals surface area contributed by atoms with Crippen LogP contribution in [0.15, 0.2) is 18.2 Å². The Kier molecular flexibility index (Phi) is 4.44. The molecule has 3 N–H and O–H groups in total. The van der Waals surface area contributed by atoms with Gasteiger partial charge in [-0.3, -0.25) is 10.1 Å². The Balaban J connectivity index is 3.09. The number of hydrogen-bond donors (Lipinski definition) is 3. The van der Waals surface area contributed by atoms with Gasteiger partial charge in [-0.2, -0.15) is 0 Å². The van der Waals surface area contributed by atoms with Gasteiger partial charge in [0, 0.05) is 23.9 Å². The molecule has 0 atom stereocenters. The van der Waals surface area contributed by atoms with Gasteiger partial charge in [0.2, 0.25) is 0 Å². The second-order valence-electron chi connectivity index (χ2n) is 4.78. The van der Waals surface area contributed by atoms with Crippen LogP contribution in [0, 0.1) is 10.1 Å². The number of anilines is 1. The summed E-state index contributed by atoms with van der Waals surface area (Å²) >= 11 is 0. The summed E-state index contributed by atoms with van der Waals surface area (Å²) in [6.07, 6.45) is 0.460. The number of nitro benzene ring substituents is 1. The Morgan fingerprint density at radius 1 is 1.47 bits per heavy atom. The molecule has 0 aliphatic carbocycles. The maximum absolute atomic E-state index is 10.9. The molecule has 1 aromatic rings. The van der Waals surface area contributed by atoms with E-state index in [4.69, 9.17) is 10.2 Å². The summed E-state index contributed by atoms with van der Waals surface area (Å²) in [6.45, 7) is 3.65. The highest BCUT2D eigenvalue weighted by Gasteiger charge is 2.22. The first-order valence-electron chi connectivity index (χ1n) is 5.67. The Morgan fingerprint density at radius 3 is 2.58 bits per heavy atom. The van der Waals surface area contributed by atoms with Crippen LogP contribution in [-0.2, 0) is 0 Å². The molecule has 0 bridgehead atoms. The summed E-state index contributed by atoms with van der Waals surface area (Å²) in [6, 6.07) is 3.84. The van der Waals surface area contributed by atoms with Gasteiger partial charge in [0.15, 0.2) is 0 Å². The minimum Gasteiger partial charge on any atom is -0.477 e. The van der Waals surface area contributed by atoms with E-state index >= 15 is 0 Å². The lowest BCUT2D eigenvalue weighted by Crippen LogP contribution is -2.31. The number of nitrogens with one attached hydrogen (secondary N) is 1. The van der Waals surface area contributed by atoms with E-state index < -0.39 is 22.1 Å². The van der Waals surface area contributed by atoms with E-state index in [1.807, 2.05) is 13.8 Å². The average Bonchev–Trinajstić information content (AvgIpc) is 2.27. The van der Waals surface area contributed by atoms with Crippen molar-refractivity contribution in [1.82, 2.24) is 0 Å². The molecular formula is C12H16N2O5. The maximum atomic E-state index is 10.9. The Labute approximate surface area is 110 Å². The van der Waals surface area contributed by atoms with Crippen LogP contribution in [0.2, 0.25) is 0 Å². The molecule has 0 saturated carbocycles. The van der Waals surface area contributed by atoms with Gasteiger partial charge in [0.25, 0.3) is 5.69 Å². The van der Waals surface area contributed by atoms with Crippen molar-refractivity contribution in [3.05, 3.63) is 33.9 Å². The van der Waals surface area contributed by atoms with Crippen LogP contribution in [0.1, 0.15) is 30.6 Å². The van der Waals surface area contributed by atoms with E-state index in [0.717, 1.165) is 0 Å². The van der Waals surface area contributed by atoms with E-state index in [0.29, 0.717) is 12.1 Å². The van der Waals surface area contributed by atoms with Gasteiger partial charge >= 0.3 is 5.97 Å².